The summed E-state index contributed by atoms with van der Waals surface area (Å²) in [6.07, 6.45) is 0. The van der Waals surface area contributed by atoms with Crippen molar-refractivity contribution in [2.75, 3.05) is 7.05 Å². The fourth-order valence-corrected chi connectivity index (χ4v) is 2.24. The minimum atomic E-state index is -0.230. The van der Waals surface area contributed by atoms with Gasteiger partial charge in [0.05, 0.1) is 0 Å². The number of nitrogens with one attached hydrogen (secondary N) is 1. The quantitative estimate of drug-likeness (QED) is 0.885. The van der Waals surface area contributed by atoms with Gasteiger partial charge in [-0.05, 0) is 57.1 Å². The summed E-state index contributed by atoms with van der Waals surface area (Å²) in [5, 5.41) is 3.23. The Morgan fingerprint density at radius 2 is 1.90 bits per heavy atom. The van der Waals surface area contributed by atoms with Crippen molar-refractivity contribution >= 4 is 0 Å². The molecule has 0 aliphatic carbocycles. The van der Waals surface area contributed by atoms with Gasteiger partial charge in [-0.2, -0.15) is 0 Å². The summed E-state index contributed by atoms with van der Waals surface area (Å²) < 4.78 is 19.3. The number of hydrogen-bond acceptors (Lipinski definition) is 2. The molecule has 0 bridgehead atoms. The molecule has 3 heteroatoms. The molecular formula is C18H22FNO. The van der Waals surface area contributed by atoms with E-state index in [1.807, 2.05) is 26.1 Å². The summed E-state index contributed by atoms with van der Waals surface area (Å²) in [5.41, 5.74) is 4.22. The van der Waals surface area contributed by atoms with Gasteiger partial charge >= 0.3 is 0 Å². The molecule has 0 heterocycles. The van der Waals surface area contributed by atoms with Gasteiger partial charge in [0.15, 0.2) is 0 Å². The van der Waals surface area contributed by atoms with Crippen LogP contribution in [0.2, 0.25) is 0 Å². The van der Waals surface area contributed by atoms with Crippen molar-refractivity contribution in [1.82, 2.24) is 5.32 Å². The van der Waals surface area contributed by atoms with Gasteiger partial charge in [-0.3, -0.25) is 0 Å². The van der Waals surface area contributed by atoms with Crippen LogP contribution >= 0.6 is 0 Å². The summed E-state index contributed by atoms with van der Waals surface area (Å²) >= 11 is 0. The van der Waals surface area contributed by atoms with Crippen molar-refractivity contribution in [3.05, 3.63) is 64.5 Å². The van der Waals surface area contributed by atoms with Gasteiger partial charge in [-0.1, -0.05) is 23.8 Å². The largest absolute Gasteiger partial charge is 0.489 e. The standard InChI is InChI=1S/C18H22FNO/c1-12-5-8-18(17(9-12)14(3)20-4)21-11-15-10-16(19)7-6-13(15)2/h5-10,14,20H,11H2,1-4H3. The highest BCUT2D eigenvalue weighted by Gasteiger charge is 2.11. The van der Waals surface area contributed by atoms with Gasteiger partial charge < -0.3 is 10.1 Å². The molecule has 1 unspecified atom stereocenters. The zero-order valence-corrected chi connectivity index (χ0v) is 13.0. The molecule has 2 aromatic carbocycles. The van der Waals surface area contributed by atoms with E-state index in [-0.39, 0.29) is 11.9 Å². The first-order valence-electron chi connectivity index (χ1n) is 7.17. The van der Waals surface area contributed by atoms with Crippen molar-refractivity contribution < 1.29 is 9.13 Å². The highest BCUT2D eigenvalue weighted by atomic mass is 19.1. The van der Waals surface area contributed by atoms with Gasteiger partial charge in [0.2, 0.25) is 0 Å². The van der Waals surface area contributed by atoms with Crippen LogP contribution < -0.4 is 10.1 Å². The second-order valence-electron chi connectivity index (χ2n) is 5.41. The first-order valence-corrected chi connectivity index (χ1v) is 7.17. The molecule has 2 nitrogen and oxygen atoms in total. The topological polar surface area (TPSA) is 21.3 Å². The zero-order valence-electron chi connectivity index (χ0n) is 13.0. The van der Waals surface area contributed by atoms with E-state index in [2.05, 4.69) is 25.2 Å². The lowest BCUT2D eigenvalue weighted by Gasteiger charge is -2.18. The summed E-state index contributed by atoms with van der Waals surface area (Å²) in [4.78, 5) is 0. The Balaban J connectivity index is 2.21. The van der Waals surface area contributed by atoms with Crippen molar-refractivity contribution in [2.24, 2.45) is 0 Å². The second kappa shape index (κ2) is 6.72. The molecule has 0 radical (unpaired) electrons. The SMILES string of the molecule is CNC(C)c1cc(C)ccc1OCc1cc(F)ccc1C. The van der Waals surface area contributed by atoms with Crippen molar-refractivity contribution in [1.29, 1.82) is 0 Å². The van der Waals surface area contributed by atoms with E-state index in [1.54, 1.807) is 6.07 Å². The molecule has 1 atom stereocenters. The number of rotatable bonds is 5. The van der Waals surface area contributed by atoms with Crippen LogP contribution in [0.5, 0.6) is 5.75 Å². The maximum atomic E-state index is 13.3. The third kappa shape index (κ3) is 3.82. The Kier molecular flexibility index (Phi) is 4.97. The first kappa shape index (κ1) is 15.5. The van der Waals surface area contributed by atoms with Crippen LogP contribution in [0.4, 0.5) is 4.39 Å². The molecule has 1 N–H and O–H groups in total. The van der Waals surface area contributed by atoms with Gasteiger partial charge in [-0.15, -0.1) is 0 Å². The summed E-state index contributed by atoms with van der Waals surface area (Å²) in [6, 6.07) is 11.1. The Morgan fingerprint density at radius 1 is 1.14 bits per heavy atom. The summed E-state index contributed by atoms with van der Waals surface area (Å²) in [5.74, 6) is 0.609. The van der Waals surface area contributed by atoms with Crippen LogP contribution in [0, 0.1) is 19.7 Å². The lowest BCUT2D eigenvalue weighted by atomic mass is 10.0. The second-order valence-corrected chi connectivity index (χ2v) is 5.41. The van der Waals surface area contributed by atoms with Crippen molar-refractivity contribution in [2.45, 2.75) is 33.4 Å². The van der Waals surface area contributed by atoms with Gasteiger partial charge in [0.25, 0.3) is 0 Å². The van der Waals surface area contributed by atoms with Crippen LogP contribution in [0.1, 0.15) is 35.2 Å². The van der Waals surface area contributed by atoms with Crippen LogP contribution in [-0.2, 0) is 6.61 Å². The summed E-state index contributed by atoms with van der Waals surface area (Å²) in [6.45, 7) is 6.49. The molecule has 0 fully saturated rings. The van der Waals surface area contributed by atoms with Crippen LogP contribution in [-0.4, -0.2) is 7.05 Å². The lowest BCUT2D eigenvalue weighted by molar-refractivity contribution is 0.299. The molecule has 0 aromatic heterocycles. The smallest absolute Gasteiger partial charge is 0.124 e. The molecule has 2 rings (SSSR count). The van der Waals surface area contributed by atoms with E-state index < -0.39 is 0 Å². The highest BCUT2D eigenvalue weighted by molar-refractivity contribution is 5.39. The Labute approximate surface area is 126 Å². The van der Waals surface area contributed by atoms with E-state index >= 15 is 0 Å². The molecule has 2 aromatic rings. The van der Waals surface area contributed by atoms with Gasteiger partial charge in [-0.25, -0.2) is 4.39 Å². The third-order valence-electron chi connectivity index (χ3n) is 3.76. The number of aryl methyl sites for hydroxylation is 2. The van der Waals surface area contributed by atoms with E-state index in [9.17, 15) is 4.39 Å². The normalized spacial score (nSPS) is 12.2. The predicted octanol–water partition coefficient (Wildman–Crippen LogP) is 4.30. The van der Waals surface area contributed by atoms with E-state index in [0.29, 0.717) is 6.61 Å². The minimum Gasteiger partial charge on any atom is -0.489 e. The molecule has 112 valence electrons. The van der Waals surface area contributed by atoms with Crippen LogP contribution in [0.25, 0.3) is 0 Å². The maximum Gasteiger partial charge on any atom is 0.124 e. The first-order chi connectivity index (χ1) is 10.0. The van der Waals surface area contributed by atoms with Gasteiger partial charge in [0.1, 0.15) is 18.2 Å². The van der Waals surface area contributed by atoms with Gasteiger partial charge in [0, 0.05) is 11.6 Å². The van der Waals surface area contributed by atoms with E-state index in [4.69, 9.17) is 4.74 Å². The van der Waals surface area contributed by atoms with Crippen LogP contribution in [0.15, 0.2) is 36.4 Å². The Morgan fingerprint density at radius 3 is 2.62 bits per heavy atom. The molecule has 0 aliphatic rings. The molecule has 0 amide bonds. The molecule has 0 saturated carbocycles. The maximum absolute atomic E-state index is 13.3. The minimum absolute atomic E-state index is 0.202. The Hall–Kier alpha value is -1.87. The molecule has 21 heavy (non-hydrogen) atoms. The zero-order chi connectivity index (χ0) is 15.4. The molecule has 0 spiro atoms. The van der Waals surface area contributed by atoms with E-state index in [1.165, 1.54) is 17.7 Å². The fourth-order valence-electron chi connectivity index (χ4n) is 2.24. The molecule has 0 aliphatic heterocycles. The average Bonchev–Trinajstić information content (AvgIpc) is 2.48. The van der Waals surface area contributed by atoms with Crippen molar-refractivity contribution in [3.63, 3.8) is 0 Å². The number of ether oxygens (including phenoxy) is 1. The monoisotopic (exact) mass is 287 g/mol. The predicted molar refractivity (Wildman–Crippen MR) is 84.1 cm³/mol. The molecular weight excluding hydrogens is 265 g/mol. The molecule has 0 saturated heterocycles. The number of hydrogen-bond donors (Lipinski definition) is 1. The third-order valence-corrected chi connectivity index (χ3v) is 3.76. The van der Waals surface area contributed by atoms with Crippen LogP contribution in [0.3, 0.4) is 0 Å². The summed E-state index contributed by atoms with van der Waals surface area (Å²) in [7, 11) is 1.92. The average molecular weight is 287 g/mol. The van der Waals surface area contributed by atoms with Crippen molar-refractivity contribution in [3.8, 4) is 5.75 Å². The fraction of sp³-hybridized carbons (Fsp3) is 0.333. The highest BCUT2D eigenvalue weighted by Crippen LogP contribution is 2.27. The van der Waals surface area contributed by atoms with E-state index in [0.717, 1.165) is 22.4 Å². The Bertz CT molecular complexity index is 625. The lowest BCUT2D eigenvalue weighted by Crippen LogP contribution is -2.14. The number of benzene rings is 2. The number of halogens is 1.